The Hall–Kier alpha value is -2.82. The lowest BCUT2D eigenvalue weighted by molar-refractivity contribution is 0.0472. The Bertz CT molecular complexity index is 1270. The third-order valence-electron chi connectivity index (χ3n) is 7.57. The highest BCUT2D eigenvalue weighted by Gasteiger charge is 2.40. The maximum Gasteiger partial charge on any atom is 0.221 e. The number of aromatic nitrogens is 3. The second kappa shape index (κ2) is 10.3. The number of anilines is 1. The molecule has 0 aliphatic carbocycles. The Balaban J connectivity index is 1.32. The van der Waals surface area contributed by atoms with Crippen LogP contribution in [0.1, 0.15) is 48.6 Å². The van der Waals surface area contributed by atoms with Crippen LogP contribution in [0.4, 0.5) is 10.1 Å². The van der Waals surface area contributed by atoms with E-state index in [1.807, 2.05) is 47.9 Å². The molecule has 2 aromatic carbocycles. The SMILES string of the molecule is CO[C@@H]1CN(c2ccc(CN3[C@@H](C)CC[C@H](c4ccccc4)S3(=O)=O)c(F)c2)CC[C@@H]1n1cnnc1. The van der Waals surface area contributed by atoms with Gasteiger partial charge in [0.05, 0.1) is 12.1 Å². The molecule has 0 unspecified atom stereocenters. The fourth-order valence-electron chi connectivity index (χ4n) is 5.47. The minimum atomic E-state index is -3.62. The fourth-order valence-corrected chi connectivity index (χ4v) is 7.66. The highest BCUT2D eigenvalue weighted by Crippen LogP contribution is 2.38. The molecule has 2 fully saturated rings. The maximum atomic E-state index is 15.3. The average Bonchev–Trinajstić information content (AvgIpc) is 3.42. The van der Waals surface area contributed by atoms with E-state index < -0.39 is 21.1 Å². The van der Waals surface area contributed by atoms with Crippen molar-refractivity contribution in [2.24, 2.45) is 0 Å². The number of piperidine rings is 1. The summed E-state index contributed by atoms with van der Waals surface area (Å²) < 4.78 is 51.5. The fraction of sp³-hybridized carbons (Fsp3) is 0.462. The molecular formula is C26H32FN5O3S. The Labute approximate surface area is 211 Å². The van der Waals surface area contributed by atoms with Crippen molar-refractivity contribution in [3.05, 3.63) is 78.1 Å². The average molecular weight is 514 g/mol. The van der Waals surface area contributed by atoms with E-state index in [0.717, 1.165) is 30.6 Å². The quantitative estimate of drug-likeness (QED) is 0.497. The van der Waals surface area contributed by atoms with Gasteiger partial charge in [-0.25, -0.2) is 12.8 Å². The highest BCUT2D eigenvalue weighted by atomic mass is 32.2. The maximum absolute atomic E-state index is 15.3. The molecule has 2 aliphatic rings. The third-order valence-corrected chi connectivity index (χ3v) is 9.94. The number of ether oxygens (including phenoxy) is 1. The predicted molar refractivity (Wildman–Crippen MR) is 135 cm³/mol. The molecule has 3 aromatic rings. The van der Waals surface area contributed by atoms with Crippen molar-refractivity contribution in [3.63, 3.8) is 0 Å². The number of benzene rings is 2. The molecule has 192 valence electrons. The van der Waals surface area contributed by atoms with E-state index in [0.29, 0.717) is 18.5 Å². The molecule has 8 nitrogen and oxygen atoms in total. The van der Waals surface area contributed by atoms with E-state index in [4.69, 9.17) is 4.74 Å². The van der Waals surface area contributed by atoms with Crippen LogP contribution in [0.5, 0.6) is 0 Å². The largest absolute Gasteiger partial charge is 0.377 e. The molecule has 10 heteroatoms. The van der Waals surface area contributed by atoms with Gasteiger partial charge in [0.25, 0.3) is 0 Å². The molecule has 36 heavy (non-hydrogen) atoms. The molecule has 1 aromatic heterocycles. The van der Waals surface area contributed by atoms with Gasteiger partial charge in [0.2, 0.25) is 10.0 Å². The lowest BCUT2D eigenvalue weighted by Crippen LogP contribution is -2.45. The van der Waals surface area contributed by atoms with Crippen molar-refractivity contribution >= 4 is 15.7 Å². The Morgan fingerprint density at radius 1 is 1.06 bits per heavy atom. The van der Waals surface area contributed by atoms with Crippen molar-refractivity contribution in [3.8, 4) is 0 Å². The number of nitrogens with zero attached hydrogens (tertiary/aromatic N) is 5. The number of rotatable bonds is 6. The van der Waals surface area contributed by atoms with Gasteiger partial charge in [0.1, 0.15) is 23.7 Å². The molecule has 4 atom stereocenters. The van der Waals surface area contributed by atoms with Gasteiger partial charge < -0.3 is 14.2 Å². The summed E-state index contributed by atoms with van der Waals surface area (Å²) >= 11 is 0. The first-order chi connectivity index (χ1) is 17.4. The van der Waals surface area contributed by atoms with Crippen molar-refractivity contribution in [1.82, 2.24) is 19.1 Å². The standard InChI is InChI=1S/C26H32FN5O3S/c1-19-8-11-26(20-6-4-3-5-7-20)36(33,34)32(19)15-21-9-10-22(14-23(21)27)30-13-12-24(25(16-30)35-2)31-17-28-29-18-31/h3-7,9-10,14,17-19,24-26H,8,11-13,15-16H2,1-2H3/t19-,24-,25+,26+/m0/s1. The van der Waals surface area contributed by atoms with Crippen LogP contribution in [0.25, 0.3) is 0 Å². The first kappa shape index (κ1) is 24.9. The van der Waals surface area contributed by atoms with E-state index in [9.17, 15) is 8.42 Å². The van der Waals surface area contributed by atoms with Crippen LogP contribution in [0.2, 0.25) is 0 Å². The number of sulfonamides is 1. The molecule has 0 N–H and O–H groups in total. The zero-order valence-electron chi connectivity index (χ0n) is 20.6. The minimum absolute atomic E-state index is 0.0232. The van der Waals surface area contributed by atoms with Gasteiger partial charge >= 0.3 is 0 Å². The Morgan fingerprint density at radius 2 is 1.81 bits per heavy atom. The van der Waals surface area contributed by atoms with Gasteiger partial charge in [0.15, 0.2) is 0 Å². The second-order valence-corrected chi connectivity index (χ2v) is 11.7. The van der Waals surface area contributed by atoms with Crippen LogP contribution in [0, 0.1) is 5.82 Å². The zero-order valence-corrected chi connectivity index (χ0v) is 21.4. The van der Waals surface area contributed by atoms with E-state index >= 15 is 4.39 Å². The number of halogens is 1. The monoisotopic (exact) mass is 513 g/mol. The summed E-state index contributed by atoms with van der Waals surface area (Å²) in [7, 11) is -1.94. The van der Waals surface area contributed by atoms with E-state index in [2.05, 4.69) is 15.1 Å². The van der Waals surface area contributed by atoms with Crippen molar-refractivity contribution in [2.75, 3.05) is 25.1 Å². The van der Waals surface area contributed by atoms with Crippen molar-refractivity contribution in [1.29, 1.82) is 0 Å². The molecule has 3 heterocycles. The molecule has 0 saturated carbocycles. The van der Waals surface area contributed by atoms with Gasteiger partial charge in [-0.15, -0.1) is 10.2 Å². The number of hydrogen-bond acceptors (Lipinski definition) is 6. The van der Waals surface area contributed by atoms with Crippen LogP contribution in [-0.2, 0) is 21.3 Å². The number of hydrogen-bond donors (Lipinski definition) is 0. The van der Waals surface area contributed by atoms with E-state index in [1.165, 1.54) is 10.4 Å². The Kier molecular flexibility index (Phi) is 7.09. The summed E-state index contributed by atoms with van der Waals surface area (Å²) in [6.07, 6.45) is 5.41. The normalized spacial score (nSPS) is 26.7. The van der Waals surface area contributed by atoms with Gasteiger partial charge in [-0.1, -0.05) is 36.4 Å². The van der Waals surface area contributed by atoms with Gasteiger partial charge in [-0.05, 0) is 43.9 Å². The van der Waals surface area contributed by atoms with E-state index in [1.54, 1.807) is 25.8 Å². The van der Waals surface area contributed by atoms with Crippen LogP contribution in [-0.4, -0.2) is 59.8 Å². The van der Waals surface area contributed by atoms with E-state index in [-0.39, 0.29) is 24.7 Å². The molecule has 0 spiro atoms. The molecule has 0 amide bonds. The summed E-state index contributed by atoms with van der Waals surface area (Å²) in [5, 5.41) is 7.19. The van der Waals surface area contributed by atoms with Gasteiger partial charge in [0, 0.05) is 44.0 Å². The van der Waals surface area contributed by atoms with Crippen LogP contribution < -0.4 is 4.90 Å². The molecular weight excluding hydrogens is 481 g/mol. The summed E-state index contributed by atoms with van der Waals surface area (Å²) in [5.74, 6) is -0.397. The van der Waals surface area contributed by atoms with Gasteiger partial charge in [-0.2, -0.15) is 4.31 Å². The molecule has 2 aliphatic heterocycles. The summed E-state index contributed by atoms with van der Waals surface area (Å²) in [6, 6.07) is 14.3. The van der Waals surface area contributed by atoms with Crippen molar-refractivity contribution < 1.29 is 17.5 Å². The second-order valence-electron chi connectivity index (χ2n) is 9.68. The Morgan fingerprint density at radius 3 is 2.50 bits per heavy atom. The first-order valence-corrected chi connectivity index (χ1v) is 13.8. The summed E-state index contributed by atoms with van der Waals surface area (Å²) in [4.78, 5) is 2.10. The first-order valence-electron chi connectivity index (χ1n) is 12.3. The smallest absolute Gasteiger partial charge is 0.221 e. The molecule has 0 radical (unpaired) electrons. The van der Waals surface area contributed by atoms with Crippen LogP contribution >= 0.6 is 0 Å². The highest BCUT2D eigenvalue weighted by molar-refractivity contribution is 7.89. The minimum Gasteiger partial charge on any atom is -0.377 e. The molecule has 2 saturated heterocycles. The third kappa shape index (κ3) is 4.77. The summed E-state index contributed by atoms with van der Waals surface area (Å²) in [6.45, 7) is 3.26. The van der Waals surface area contributed by atoms with Crippen LogP contribution in [0.15, 0.2) is 61.2 Å². The lowest BCUT2D eigenvalue weighted by atomic mass is 10.0. The molecule has 0 bridgehead atoms. The lowest BCUT2D eigenvalue weighted by Gasteiger charge is -2.39. The van der Waals surface area contributed by atoms with Crippen LogP contribution in [0.3, 0.4) is 0 Å². The number of methoxy groups -OCH3 is 1. The van der Waals surface area contributed by atoms with Gasteiger partial charge in [-0.3, -0.25) is 0 Å². The topological polar surface area (TPSA) is 80.6 Å². The summed E-state index contributed by atoms with van der Waals surface area (Å²) in [5.41, 5.74) is 1.93. The molecule has 5 rings (SSSR count). The van der Waals surface area contributed by atoms with Crippen molar-refractivity contribution in [2.45, 2.75) is 56.2 Å². The zero-order chi connectivity index (χ0) is 25.3. The predicted octanol–water partition coefficient (Wildman–Crippen LogP) is 3.94.